The summed E-state index contributed by atoms with van der Waals surface area (Å²) in [6, 6.07) is 6.06. The molecule has 1 aliphatic rings. The third-order valence-corrected chi connectivity index (χ3v) is 6.43. The van der Waals surface area contributed by atoms with Gasteiger partial charge in [0.1, 0.15) is 6.61 Å². The number of rotatable bonds is 6. The fourth-order valence-corrected chi connectivity index (χ4v) is 4.59. The Labute approximate surface area is 209 Å². The van der Waals surface area contributed by atoms with Crippen LogP contribution in [0, 0.1) is 0 Å². The average molecular weight is 554 g/mol. The lowest BCUT2D eigenvalue weighted by Gasteiger charge is -2.20. The fraction of sp³-hybridized carbons (Fsp3) is 0.348. The standard InChI is InChI=1S/C23H17F7O6S/c1-11(31)35-21-17(24)18(36-20(33)13-4-8-15(9-5-13)23(28,29)30)16(37-21)10-34-19(32)12-2-6-14(7-3-12)22(25,26)27/h2-9,16-18,21H,10H2,1H3/t16-,17+,18-,21-/m1/s1. The molecule has 200 valence electrons. The van der Waals surface area contributed by atoms with Gasteiger partial charge >= 0.3 is 30.3 Å². The van der Waals surface area contributed by atoms with Crippen molar-refractivity contribution in [2.75, 3.05) is 6.61 Å². The van der Waals surface area contributed by atoms with Gasteiger partial charge in [0.2, 0.25) is 0 Å². The van der Waals surface area contributed by atoms with Crippen molar-refractivity contribution in [1.82, 2.24) is 0 Å². The molecule has 0 saturated carbocycles. The van der Waals surface area contributed by atoms with E-state index >= 15 is 0 Å². The third-order valence-electron chi connectivity index (χ3n) is 5.05. The van der Waals surface area contributed by atoms with E-state index in [1.165, 1.54) is 0 Å². The van der Waals surface area contributed by atoms with Crippen LogP contribution in [0.3, 0.4) is 0 Å². The first-order valence-corrected chi connectivity index (χ1v) is 11.3. The second kappa shape index (κ2) is 11.0. The van der Waals surface area contributed by atoms with E-state index in [0.29, 0.717) is 36.0 Å². The lowest BCUT2D eigenvalue weighted by molar-refractivity contribution is -0.145. The van der Waals surface area contributed by atoms with E-state index in [4.69, 9.17) is 14.2 Å². The number of carbonyl (C=O) groups is 3. The Morgan fingerprint density at radius 1 is 0.784 bits per heavy atom. The molecule has 37 heavy (non-hydrogen) atoms. The number of thioether (sulfide) groups is 1. The molecule has 2 aromatic carbocycles. The van der Waals surface area contributed by atoms with Crippen molar-refractivity contribution in [3.8, 4) is 0 Å². The highest BCUT2D eigenvalue weighted by atomic mass is 32.2. The molecule has 0 amide bonds. The van der Waals surface area contributed by atoms with E-state index in [-0.39, 0.29) is 11.1 Å². The van der Waals surface area contributed by atoms with Crippen LogP contribution in [-0.2, 0) is 31.4 Å². The summed E-state index contributed by atoms with van der Waals surface area (Å²) in [5, 5.41) is -1.11. The molecule has 1 fully saturated rings. The highest BCUT2D eigenvalue weighted by Crippen LogP contribution is 2.40. The summed E-state index contributed by atoms with van der Waals surface area (Å²) in [5.74, 6) is -3.08. The summed E-state index contributed by atoms with van der Waals surface area (Å²) in [7, 11) is 0. The van der Waals surface area contributed by atoms with Crippen molar-refractivity contribution in [3.63, 3.8) is 0 Å². The maximum Gasteiger partial charge on any atom is 0.416 e. The predicted octanol–water partition coefficient (Wildman–Crippen LogP) is 5.45. The lowest BCUT2D eigenvalue weighted by atomic mass is 10.1. The average Bonchev–Trinajstić information content (AvgIpc) is 3.10. The predicted molar refractivity (Wildman–Crippen MR) is 114 cm³/mol. The zero-order valence-corrected chi connectivity index (χ0v) is 19.5. The number of ether oxygens (including phenoxy) is 3. The lowest BCUT2D eigenvalue weighted by Crippen LogP contribution is -2.37. The van der Waals surface area contributed by atoms with Gasteiger partial charge in [-0.1, -0.05) is 0 Å². The normalized spacial score (nSPS) is 21.8. The molecule has 1 aliphatic heterocycles. The Morgan fingerprint density at radius 3 is 1.68 bits per heavy atom. The number of hydrogen-bond acceptors (Lipinski definition) is 7. The Morgan fingerprint density at radius 2 is 1.24 bits per heavy atom. The molecule has 6 nitrogen and oxygen atoms in total. The van der Waals surface area contributed by atoms with Crippen LogP contribution in [-0.4, -0.2) is 47.5 Å². The molecule has 4 atom stereocenters. The monoisotopic (exact) mass is 554 g/mol. The van der Waals surface area contributed by atoms with Gasteiger partial charge < -0.3 is 14.2 Å². The van der Waals surface area contributed by atoms with Crippen molar-refractivity contribution >= 4 is 29.7 Å². The van der Waals surface area contributed by atoms with E-state index in [1.54, 1.807) is 0 Å². The minimum atomic E-state index is -4.64. The Hall–Kier alpha value is -3.29. The van der Waals surface area contributed by atoms with Gasteiger partial charge in [-0.3, -0.25) is 4.79 Å². The highest BCUT2D eigenvalue weighted by molar-refractivity contribution is 8.00. The molecular formula is C23H17F7O6S. The molecule has 1 saturated heterocycles. The first-order valence-electron chi connectivity index (χ1n) is 10.4. The van der Waals surface area contributed by atoms with Gasteiger partial charge in [-0.2, -0.15) is 26.3 Å². The Kier molecular flexibility index (Phi) is 8.40. The third kappa shape index (κ3) is 7.14. The molecule has 0 aliphatic carbocycles. The van der Waals surface area contributed by atoms with Crippen molar-refractivity contribution in [2.24, 2.45) is 0 Å². The van der Waals surface area contributed by atoms with Crippen molar-refractivity contribution in [3.05, 3.63) is 70.8 Å². The minimum Gasteiger partial charge on any atom is -0.461 e. The highest BCUT2D eigenvalue weighted by Gasteiger charge is 2.49. The quantitative estimate of drug-likeness (QED) is 0.267. The van der Waals surface area contributed by atoms with E-state index in [0.717, 1.165) is 31.2 Å². The molecule has 0 N–H and O–H groups in total. The van der Waals surface area contributed by atoms with Gasteiger partial charge in [-0.05, 0) is 48.5 Å². The fourth-order valence-electron chi connectivity index (χ4n) is 3.24. The van der Waals surface area contributed by atoms with Crippen LogP contribution < -0.4 is 0 Å². The Balaban J connectivity index is 1.71. The molecule has 2 aromatic rings. The van der Waals surface area contributed by atoms with Gasteiger partial charge in [-0.25, -0.2) is 14.0 Å². The first kappa shape index (κ1) is 28.3. The van der Waals surface area contributed by atoms with Crippen molar-refractivity contribution in [1.29, 1.82) is 0 Å². The van der Waals surface area contributed by atoms with Crippen LogP contribution in [0.4, 0.5) is 30.7 Å². The summed E-state index contributed by atoms with van der Waals surface area (Å²) in [4.78, 5) is 36.0. The van der Waals surface area contributed by atoms with E-state index in [2.05, 4.69) is 0 Å². The molecule has 0 bridgehead atoms. The zero-order chi connectivity index (χ0) is 27.5. The van der Waals surface area contributed by atoms with Crippen LogP contribution in [0.2, 0.25) is 0 Å². The summed E-state index contributed by atoms with van der Waals surface area (Å²) in [5.41, 5.74) is -4.01. The van der Waals surface area contributed by atoms with Crippen molar-refractivity contribution in [2.45, 2.75) is 42.2 Å². The topological polar surface area (TPSA) is 78.9 Å². The number of hydrogen-bond donors (Lipinski definition) is 0. The summed E-state index contributed by atoms with van der Waals surface area (Å²) in [6.45, 7) is 0.419. The molecule has 3 rings (SSSR count). The summed E-state index contributed by atoms with van der Waals surface area (Å²) >= 11 is 0.671. The van der Waals surface area contributed by atoms with Gasteiger partial charge in [-0.15, -0.1) is 11.8 Å². The van der Waals surface area contributed by atoms with Gasteiger partial charge in [0.15, 0.2) is 17.7 Å². The molecule has 0 radical (unpaired) electrons. The molecular weight excluding hydrogens is 537 g/mol. The van der Waals surface area contributed by atoms with Crippen molar-refractivity contribution < 1.29 is 59.3 Å². The molecule has 0 unspecified atom stereocenters. The second-order valence-electron chi connectivity index (χ2n) is 7.72. The van der Waals surface area contributed by atoms with Crippen LogP contribution in [0.15, 0.2) is 48.5 Å². The number of halogens is 7. The second-order valence-corrected chi connectivity index (χ2v) is 9.06. The summed E-state index contributed by atoms with van der Waals surface area (Å²) < 4.78 is 106. The van der Waals surface area contributed by atoms with Crippen LogP contribution in [0.5, 0.6) is 0 Å². The number of carbonyl (C=O) groups excluding carboxylic acids is 3. The summed E-state index contributed by atoms with van der Waals surface area (Å²) in [6.07, 6.45) is -13.0. The Bertz CT molecular complexity index is 1130. The smallest absolute Gasteiger partial charge is 0.416 e. The number of esters is 3. The first-order chi connectivity index (χ1) is 17.2. The molecule has 14 heteroatoms. The van der Waals surface area contributed by atoms with Crippen LogP contribution in [0.1, 0.15) is 38.8 Å². The van der Waals surface area contributed by atoms with Crippen LogP contribution >= 0.6 is 11.8 Å². The zero-order valence-electron chi connectivity index (χ0n) is 18.6. The molecule has 0 spiro atoms. The maximum absolute atomic E-state index is 15.0. The molecule has 0 aromatic heterocycles. The van der Waals surface area contributed by atoms with Gasteiger partial charge in [0.05, 0.1) is 27.5 Å². The molecule has 1 heterocycles. The maximum atomic E-state index is 15.0. The number of alkyl halides is 7. The largest absolute Gasteiger partial charge is 0.461 e. The van der Waals surface area contributed by atoms with Gasteiger partial charge in [0.25, 0.3) is 0 Å². The van der Waals surface area contributed by atoms with E-state index in [1.807, 2.05) is 0 Å². The number of benzene rings is 2. The van der Waals surface area contributed by atoms with E-state index < -0.39 is 71.0 Å². The van der Waals surface area contributed by atoms with E-state index in [9.17, 15) is 45.1 Å². The minimum absolute atomic E-state index is 0.234. The SMILES string of the molecule is CC(=O)O[C@@H]1S[C@H](COC(=O)c2ccc(C(F)(F)F)cc2)[C@@H](OC(=O)c2ccc(C(F)(F)F)cc2)[C@@H]1F. The van der Waals surface area contributed by atoms with Gasteiger partial charge in [0, 0.05) is 6.92 Å². The van der Waals surface area contributed by atoms with Crippen LogP contribution in [0.25, 0.3) is 0 Å².